The van der Waals surface area contributed by atoms with E-state index in [1.54, 1.807) is 0 Å². The Morgan fingerprint density at radius 2 is 0.392 bits per heavy atom. The van der Waals surface area contributed by atoms with E-state index in [1.165, 1.54) is 255 Å². The predicted molar refractivity (Wildman–Crippen MR) is 505 cm³/mol. The Kier molecular flexibility index (Phi) is 30.4. The van der Waals surface area contributed by atoms with E-state index in [-0.39, 0.29) is 0 Å². The molecule has 624 valence electrons. The van der Waals surface area contributed by atoms with Crippen LogP contribution in [0.25, 0.3) is 0 Å². The van der Waals surface area contributed by atoms with Crippen LogP contribution in [0.15, 0.2) is 195 Å². The van der Waals surface area contributed by atoms with Gasteiger partial charge in [-0.15, -0.1) is 0 Å². The molecule has 0 saturated carbocycles. The molecule has 8 bridgehead atoms. The molecule has 1 aliphatic rings. The van der Waals surface area contributed by atoms with Gasteiger partial charge in [0.25, 0.3) is 0 Å². The molecule has 0 spiro atoms. The molecule has 4 N–H and O–H groups in total. The molecule has 0 radical (unpaired) electrons. The Balaban J connectivity index is 0.941. The zero-order valence-electron chi connectivity index (χ0n) is 76.1. The summed E-state index contributed by atoms with van der Waals surface area (Å²) in [6.45, 7) is 44.9. The van der Waals surface area contributed by atoms with Gasteiger partial charge >= 0.3 is 0 Å². The highest BCUT2D eigenvalue weighted by Crippen LogP contribution is 2.41. The standard InChI is InChI=1S/C112H140N8/c1-17-21-25-33-89-41-49-93(50-42-89)65-113-97-37-29-57-117(69-97)73-109-81(9)101-61-103-78(6)105(85(13)110(83(103)11)74-118-58-30-38-98(70-118)114-66-94-51-43-90(44-52-94)34-26-22-18-2)63-107-80(8)108(88(16)112(87(107)15)76-120-60-32-40-100(72-120)116-68-96-55-47-92(48-56-96)36-28-24-20-4)64-106-79(7)104(62-102(77(101)5)82(109)10)84(12)111(86(106)14)75-119-59-31-39-99(71-119)115-67-95-53-45-91(46-54-95)35-27-23-19-3/h29-32,37-60,69-72,113-116H,17-28,33-36,61-68,73-76H2,1-16H3/q+4. The lowest BCUT2D eigenvalue weighted by atomic mass is 9.76. The number of hydrogen-bond donors (Lipinski definition) is 4. The lowest BCUT2D eigenvalue weighted by molar-refractivity contribution is -0.687. The Hall–Kier alpha value is -10.4. The zero-order chi connectivity index (χ0) is 84.3. The fraction of sp³-hybridized carbons (Fsp3) is 0.393. The molecule has 120 heavy (non-hydrogen) atoms. The van der Waals surface area contributed by atoms with Crippen molar-refractivity contribution in [1.82, 2.24) is 0 Å². The number of nitrogens with one attached hydrogen (secondary N) is 4. The summed E-state index contributed by atoms with van der Waals surface area (Å²) < 4.78 is 9.75. The van der Waals surface area contributed by atoms with Crippen molar-refractivity contribution in [3.8, 4) is 0 Å². The van der Waals surface area contributed by atoms with Gasteiger partial charge in [-0.2, -0.15) is 18.3 Å². The molecule has 13 rings (SSSR count). The highest BCUT2D eigenvalue weighted by atomic mass is 15.0. The van der Waals surface area contributed by atoms with Crippen molar-refractivity contribution < 1.29 is 18.3 Å². The zero-order valence-corrected chi connectivity index (χ0v) is 76.1. The van der Waals surface area contributed by atoms with Gasteiger partial charge < -0.3 is 21.3 Å². The van der Waals surface area contributed by atoms with Crippen LogP contribution in [-0.2, 0) is 104 Å². The van der Waals surface area contributed by atoms with Crippen molar-refractivity contribution in [1.29, 1.82) is 0 Å². The van der Waals surface area contributed by atoms with E-state index >= 15 is 0 Å². The van der Waals surface area contributed by atoms with Crippen LogP contribution in [0.2, 0.25) is 0 Å². The molecule has 12 aromatic rings. The van der Waals surface area contributed by atoms with Crippen LogP contribution >= 0.6 is 0 Å². The van der Waals surface area contributed by atoms with Crippen LogP contribution in [0.5, 0.6) is 0 Å². The molecule has 8 aromatic carbocycles. The van der Waals surface area contributed by atoms with E-state index in [4.69, 9.17) is 0 Å². The minimum Gasteiger partial charge on any atom is -0.376 e. The number of benzene rings is 8. The third-order valence-electron chi connectivity index (χ3n) is 27.4. The normalized spacial score (nSPS) is 12.0. The van der Waals surface area contributed by atoms with E-state index in [2.05, 4.69) is 345 Å². The summed E-state index contributed by atoms with van der Waals surface area (Å²) in [6, 6.07) is 55.0. The molecule has 4 aromatic heterocycles. The summed E-state index contributed by atoms with van der Waals surface area (Å²) in [4.78, 5) is 0. The maximum Gasteiger partial charge on any atom is 0.192 e. The first-order valence-electron chi connectivity index (χ1n) is 45.9. The van der Waals surface area contributed by atoms with Crippen molar-refractivity contribution in [3.63, 3.8) is 0 Å². The molecule has 0 fully saturated rings. The largest absolute Gasteiger partial charge is 0.376 e. The molecular weight excluding hydrogens is 1460 g/mol. The summed E-state index contributed by atoms with van der Waals surface area (Å²) >= 11 is 0. The number of anilines is 4. The molecule has 4 heterocycles. The summed E-state index contributed by atoms with van der Waals surface area (Å²) in [7, 11) is 0. The maximum atomic E-state index is 3.85. The van der Waals surface area contributed by atoms with Crippen molar-refractivity contribution in [2.45, 2.75) is 292 Å². The third-order valence-corrected chi connectivity index (χ3v) is 27.4. The van der Waals surface area contributed by atoms with Crippen molar-refractivity contribution in [2.24, 2.45) is 0 Å². The highest BCUT2D eigenvalue weighted by Gasteiger charge is 2.31. The Bertz CT molecular complexity index is 4690. The quantitative estimate of drug-likeness (QED) is 0.0233. The van der Waals surface area contributed by atoms with Crippen LogP contribution in [0.1, 0.15) is 283 Å². The Morgan fingerprint density at radius 3 is 0.567 bits per heavy atom. The first kappa shape index (κ1) is 87.4. The molecule has 0 unspecified atom stereocenters. The average Bonchev–Trinajstić information content (AvgIpc) is 0.740. The van der Waals surface area contributed by atoms with Gasteiger partial charge in [-0.3, -0.25) is 0 Å². The smallest absolute Gasteiger partial charge is 0.192 e. The number of aryl methyl sites for hydroxylation is 4. The average molecular weight is 1600 g/mol. The van der Waals surface area contributed by atoms with Gasteiger partial charge in [-0.05, 0) is 340 Å². The second-order valence-electron chi connectivity index (χ2n) is 35.5. The minimum atomic E-state index is 0.753. The van der Waals surface area contributed by atoms with Crippen LogP contribution in [0.3, 0.4) is 0 Å². The molecular formula is C112H140N8+4. The van der Waals surface area contributed by atoms with E-state index in [0.29, 0.717) is 0 Å². The van der Waals surface area contributed by atoms with E-state index in [0.717, 1.165) is 126 Å². The van der Waals surface area contributed by atoms with Crippen molar-refractivity contribution in [3.05, 3.63) is 373 Å². The number of aromatic nitrogens is 4. The minimum absolute atomic E-state index is 0.753. The number of fused-ring (bicyclic) bond motifs is 8. The van der Waals surface area contributed by atoms with Gasteiger partial charge in [0.15, 0.2) is 75.8 Å². The molecule has 0 amide bonds. The monoisotopic (exact) mass is 1600 g/mol. The number of pyridine rings is 4. The first-order valence-corrected chi connectivity index (χ1v) is 45.9. The highest BCUT2D eigenvalue weighted by molar-refractivity contribution is 5.63. The number of unbranched alkanes of at least 4 members (excludes halogenated alkanes) is 8. The van der Waals surface area contributed by atoms with E-state index in [1.807, 2.05) is 0 Å². The second kappa shape index (κ2) is 41.7. The van der Waals surface area contributed by atoms with Gasteiger partial charge in [0, 0.05) is 72.7 Å². The van der Waals surface area contributed by atoms with Gasteiger partial charge in [0.2, 0.25) is 0 Å². The topological polar surface area (TPSA) is 63.6 Å². The summed E-state index contributed by atoms with van der Waals surface area (Å²) in [5, 5.41) is 15.4. The Labute approximate surface area is 722 Å². The second-order valence-corrected chi connectivity index (χ2v) is 35.5. The SMILES string of the molecule is CCCCCc1ccc(CNc2ccc[n+](Cc3c(C)c4c(C)c(c3C)Cc3c(C)c(c(C)c(C[n+]5cccc(NCc6ccc(CCCCC)cc6)c5)c3C)Cc3c(C)c(c(C)c(C[n+]5cccc(NCc6ccc(CCCCC)cc6)c5)c3C)Cc3c(C)c(c(C)c(C[n+]5cccc(NCc6ccc(CCCCC)cc6)c5)c3C)C4)c2)cc1. The van der Waals surface area contributed by atoms with Crippen molar-refractivity contribution >= 4 is 22.7 Å². The van der Waals surface area contributed by atoms with E-state index in [9.17, 15) is 0 Å². The third kappa shape index (κ3) is 21.6. The van der Waals surface area contributed by atoms with Crippen LogP contribution in [0.4, 0.5) is 22.7 Å². The fourth-order valence-corrected chi connectivity index (χ4v) is 19.4. The lowest BCUT2D eigenvalue weighted by Crippen LogP contribution is -2.35. The van der Waals surface area contributed by atoms with Crippen molar-refractivity contribution in [2.75, 3.05) is 21.3 Å². The summed E-state index contributed by atoms with van der Waals surface area (Å²) in [6.07, 6.45) is 41.4. The predicted octanol–water partition coefficient (Wildman–Crippen LogP) is 24.8. The number of nitrogens with zero attached hydrogens (tertiary/aromatic N) is 4. The van der Waals surface area contributed by atoms with Crippen LogP contribution < -0.4 is 39.5 Å². The van der Waals surface area contributed by atoms with E-state index < -0.39 is 0 Å². The Morgan fingerprint density at radius 1 is 0.217 bits per heavy atom. The molecule has 8 nitrogen and oxygen atoms in total. The molecule has 8 heteroatoms. The number of hydrogen-bond acceptors (Lipinski definition) is 4. The molecule has 0 aliphatic heterocycles. The van der Waals surface area contributed by atoms with Crippen LogP contribution in [0, 0.1) is 83.1 Å². The summed E-state index contributed by atoms with van der Waals surface area (Å²) in [5.74, 6) is 0. The molecule has 0 atom stereocenters. The van der Waals surface area contributed by atoms with Crippen LogP contribution in [-0.4, -0.2) is 0 Å². The first-order chi connectivity index (χ1) is 58.3. The molecule has 1 aliphatic carbocycles. The number of rotatable bonds is 36. The van der Waals surface area contributed by atoms with Gasteiger partial charge in [0.05, 0.1) is 22.7 Å². The van der Waals surface area contributed by atoms with Gasteiger partial charge in [-0.1, -0.05) is 176 Å². The lowest BCUT2D eigenvalue weighted by Gasteiger charge is -2.29. The van der Waals surface area contributed by atoms with Gasteiger partial charge in [0.1, 0.15) is 0 Å². The molecule has 0 saturated heterocycles. The fourth-order valence-electron chi connectivity index (χ4n) is 19.4. The summed E-state index contributed by atoms with van der Waals surface area (Å²) in [5.41, 5.74) is 49.5. The maximum absolute atomic E-state index is 3.85. The van der Waals surface area contributed by atoms with Gasteiger partial charge in [-0.25, -0.2) is 0 Å².